The summed E-state index contributed by atoms with van der Waals surface area (Å²) in [5.41, 5.74) is 6.48. The third-order valence-corrected chi connectivity index (χ3v) is 3.91. The molecule has 1 aromatic carbocycles. The molecule has 2 N–H and O–H groups in total. The van der Waals surface area contributed by atoms with Gasteiger partial charge in [-0.25, -0.2) is 4.79 Å². The van der Waals surface area contributed by atoms with E-state index in [0.29, 0.717) is 42.0 Å². The van der Waals surface area contributed by atoms with Crippen LogP contribution in [0.15, 0.2) is 22.7 Å². The van der Waals surface area contributed by atoms with Gasteiger partial charge in [-0.05, 0) is 41.1 Å². The van der Waals surface area contributed by atoms with E-state index in [1.807, 2.05) is 0 Å². The molecule has 114 valence electrons. The van der Waals surface area contributed by atoms with Crippen LogP contribution in [-0.4, -0.2) is 49.2 Å². The van der Waals surface area contributed by atoms with Gasteiger partial charge in [0.25, 0.3) is 5.91 Å². The minimum atomic E-state index is -0.833. The van der Waals surface area contributed by atoms with Crippen molar-refractivity contribution in [2.45, 2.75) is 13.0 Å². The molecule has 1 heterocycles. The quantitative estimate of drug-likeness (QED) is 0.654. The molecule has 1 aromatic rings. The van der Waals surface area contributed by atoms with E-state index in [4.69, 9.17) is 15.2 Å². The molecule has 1 fully saturated rings. The monoisotopic (exact) mass is 356 g/mol. The molecule has 0 spiro atoms. The lowest BCUT2D eigenvalue weighted by Gasteiger charge is -2.28. The van der Waals surface area contributed by atoms with Gasteiger partial charge in [0.2, 0.25) is 0 Å². The van der Waals surface area contributed by atoms with Crippen molar-refractivity contribution in [2.75, 3.05) is 32.0 Å². The van der Waals surface area contributed by atoms with Crippen molar-refractivity contribution in [1.29, 1.82) is 0 Å². The highest BCUT2D eigenvalue weighted by molar-refractivity contribution is 9.10. The summed E-state index contributed by atoms with van der Waals surface area (Å²) in [5.74, 6) is -0.778. The number of nitrogens with zero attached hydrogens (tertiary/aromatic N) is 1. The lowest BCUT2D eigenvalue weighted by atomic mass is 10.2. The normalized spacial score (nSPS) is 16.4. The SMILES string of the molecule is CC(OC(=O)c1ccc(Br)c(N)c1)C(=O)N1CCOCC1. The van der Waals surface area contributed by atoms with Gasteiger partial charge in [0.05, 0.1) is 18.8 Å². The number of carbonyl (C=O) groups is 2. The lowest BCUT2D eigenvalue weighted by molar-refractivity contribution is -0.143. The Kier molecular flexibility index (Phi) is 5.19. The number of anilines is 1. The molecule has 2 rings (SSSR count). The average Bonchev–Trinajstić information content (AvgIpc) is 2.50. The Morgan fingerprint density at radius 1 is 1.38 bits per heavy atom. The first-order chi connectivity index (χ1) is 9.99. The molecule has 21 heavy (non-hydrogen) atoms. The summed E-state index contributed by atoms with van der Waals surface area (Å²) in [5, 5.41) is 0. The van der Waals surface area contributed by atoms with Crippen molar-refractivity contribution in [3.63, 3.8) is 0 Å². The van der Waals surface area contributed by atoms with E-state index in [0.717, 1.165) is 0 Å². The fraction of sp³-hybridized carbons (Fsp3) is 0.429. The van der Waals surface area contributed by atoms with Gasteiger partial charge < -0.3 is 20.1 Å². The zero-order valence-electron chi connectivity index (χ0n) is 11.7. The molecule has 0 radical (unpaired) electrons. The highest BCUT2D eigenvalue weighted by Crippen LogP contribution is 2.21. The highest BCUT2D eigenvalue weighted by Gasteiger charge is 2.25. The largest absolute Gasteiger partial charge is 0.449 e. The number of halogens is 1. The Bertz CT molecular complexity index is 544. The van der Waals surface area contributed by atoms with Crippen LogP contribution in [0.4, 0.5) is 5.69 Å². The second kappa shape index (κ2) is 6.91. The zero-order chi connectivity index (χ0) is 15.4. The summed E-state index contributed by atoms with van der Waals surface area (Å²) < 4.78 is 11.1. The van der Waals surface area contributed by atoms with Crippen LogP contribution in [0.5, 0.6) is 0 Å². The number of carbonyl (C=O) groups excluding carboxylic acids is 2. The predicted molar refractivity (Wildman–Crippen MR) is 80.8 cm³/mol. The molecule has 0 aromatic heterocycles. The minimum Gasteiger partial charge on any atom is -0.449 e. The molecule has 7 heteroatoms. The van der Waals surface area contributed by atoms with Crippen LogP contribution in [0.1, 0.15) is 17.3 Å². The molecule has 0 aliphatic carbocycles. The van der Waals surface area contributed by atoms with Gasteiger partial charge in [0.15, 0.2) is 6.10 Å². The van der Waals surface area contributed by atoms with E-state index in [9.17, 15) is 9.59 Å². The van der Waals surface area contributed by atoms with E-state index >= 15 is 0 Å². The van der Waals surface area contributed by atoms with Crippen molar-refractivity contribution in [3.05, 3.63) is 28.2 Å². The van der Waals surface area contributed by atoms with Crippen molar-refractivity contribution >= 4 is 33.5 Å². The van der Waals surface area contributed by atoms with Gasteiger partial charge in [0, 0.05) is 23.2 Å². The zero-order valence-corrected chi connectivity index (χ0v) is 13.3. The third kappa shape index (κ3) is 3.95. The first-order valence-electron chi connectivity index (χ1n) is 6.61. The van der Waals surface area contributed by atoms with Gasteiger partial charge >= 0.3 is 5.97 Å². The second-order valence-electron chi connectivity index (χ2n) is 4.72. The average molecular weight is 357 g/mol. The minimum absolute atomic E-state index is 0.211. The summed E-state index contributed by atoms with van der Waals surface area (Å²) >= 11 is 3.25. The Hall–Kier alpha value is -1.60. The van der Waals surface area contributed by atoms with Gasteiger partial charge in [-0.3, -0.25) is 4.79 Å². The second-order valence-corrected chi connectivity index (χ2v) is 5.58. The maximum atomic E-state index is 12.1. The van der Waals surface area contributed by atoms with Crippen molar-refractivity contribution in [2.24, 2.45) is 0 Å². The molecule has 1 atom stereocenters. The van der Waals surface area contributed by atoms with E-state index in [2.05, 4.69) is 15.9 Å². The molecule has 0 bridgehead atoms. The Morgan fingerprint density at radius 3 is 2.67 bits per heavy atom. The number of hydrogen-bond acceptors (Lipinski definition) is 5. The molecular weight excluding hydrogens is 340 g/mol. The van der Waals surface area contributed by atoms with Crippen LogP contribution in [-0.2, 0) is 14.3 Å². The number of rotatable bonds is 3. The molecule has 1 unspecified atom stereocenters. The fourth-order valence-corrected chi connectivity index (χ4v) is 2.24. The van der Waals surface area contributed by atoms with Crippen LogP contribution in [0.2, 0.25) is 0 Å². The van der Waals surface area contributed by atoms with Crippen molar-refractivity contribution in [1.82, 2.24) is 4.90 Å². The third-order valence-electron chi connectivity index (χ3n) is 3.19. The standard InChI is InChI=1S/C14H17BrN2O4/c1-9(13(18)17-4-6-20-7-5-17)21-14(19)10-2-3-11(15)12(16)8-10/h2-3,8-9H,4-7,16H2,1H3. The van der Waals surface area contributed by atoms with E-state index in [1.165, 1.54) is 6.07 Å². The summed E-state index contributed by atoms with van der Waals surface area (Å²) in [6.45, 7) is 3.63. The van der Waals surface area contributed by atoms with Crippen LogP contribution < -0.4 is 5.73 Å². The smallest absolute Gasteiger partial charge is 0.338 e. The summed E-state index contributed by atoms with van der Waals surface area (Å²) in [6, 6.07) is 4.77. The van der Waals surface area contributed by atoms with Gasteiger partial charge in [-0.15, -0.1) is 0 Å². The first-order valence-corrected chi connectivity index (χ1v) is 7.41. The van der Waals surface area contributed by atoms with Gasteiger partial charge in [-0.2, -0.15) is 0 Å². The van der Waals surface area contributed by atoms with Crippen LogP contribution >= 0.6 is 15.9 Å². The fourth-order valence-electron chi connectivity index (χ4n) is 1.99. The lowest BCUT2D eigenvalue weighted by Crippen LogP contribution is -2.46. The Balaban J connectivity index is 1.97. The van der Waals surface area contributed by atoms with Gasteiger partial charge in [-0.1, -0.05) is 0 Å². The van der Waals surface area contributed by atoms with E-state index in [-0.39, 0.29) is 5.91 Å². The van der Waals surface area contributed by atoms with Gasteiger partial charge in [0.1, 0.15) is 0 Å². The summed E-state index contributed by atoms with van der Waals surface area (Å²) in [4.78, 5) is 25.8. The first kappa shape index (κ1) is 15.8. The number of benzene rings is 1. The number of amides is 1. The van der Waals surface area contributed by atoms with Crippen LogP contribution in [0.3, 0.4) is 0 Å². The number of ether oxygens (including phenoxy) is 2. The molecule has 1 aliphatic heterocycles. The van der Waals surface area contributed by atoms with Crippen LogP contribution in [0.25, 0.3) is 0 Å². The molecule has 6 nitrogen and oxygen atoms in total. The summed E-state index contributed by atoms with van der Waals surface area (Å²) in [7, 11) is 0. The Labute approximate surface area is 131 Å². The summed E-state index contributed by atoms with van der Waals surface area (Å²) in [6.07, 6.45) is -0.833. The number of nitrogen functional groups attached to an aromatic ring is 1. The molecule has 1 amide bonds. The van der Waals surface area contributed by atoms with Crippen molar-refractivity contribution in [3.8, 4) is 0 Å². The number of morpholine rings is 1. The Morgan fingerprint density at radius 2 is 2.05 bits per heavy atom. The molecular formula is C14H17BrN2O4. The predicted octanol–water partition coefficient (Wildman–Crippen LogP) is 1.44. The number of hydrogen-bond donors (Lipinski definition) is 1. The molecule has 0 saturated carbocycles. The maximum absolute atomic E-state index is 12.1. The van der Waals surface area contributed by atoms with E-state index in [1.54, 1.807) is 24.0 Å². The molecule has 1 aliphatic rings. The van der Waals surface area contributed by atoms with Crippen LogP contribution in [0, 0.1) is 0 Å². The highest BCUT2D eigenvalue weighted by atomic mass is 79.9. The molecule has 1 saturated heterocycles. The van der Waals surface area contributed by atoms with Crippen molar-refractivity contribution < 1.29 is 19.1 Å². The number of nitrogens with two attached hydrogens (primary N) is 1. The maximum Gasteiger partial charge on any atom is 0.338 e. The van der Waals surface area contributed by atoms with E-state index < -0.39 is 12.1 Å². The topological polar surface area (TPSA) is 81.9 Å². The number of esters is 1.